The van der Waals surface area contributed by atoms with Crippen molar-refractivity contribution in [3.63, 3.8) is 0 Å². The van der Waals surface area contributed by atoms with Crippen LogP contribution in [0.4, 0.5) is 10.5 Å². The Bertz CT molecular complexity index is 922. The van der Waals surface area contributed by atoms with Crippen LogP contribution in [0, 0.1) is 11.8 Å². The van der Waals surface area contributed by atoms with Crippen LogP contribution in [-0.4, -0.2) is 54.2 Å². The summed E-state index contributed by atoms with van der Waals surface area (Å²) in [5, 5.41) is 19.0. The van der Waals surface area contributed by atoms with Gasteiger partial charge in [0.1, 0.15) is 0 Å². The molecule has 0 aliphatic carbocycles. The lowest BCUT2D eigenvalue weighted by Crippen LogP contribution is -2.45. The Balaban J connectivity index is 1.25. The molecule has 2 aromatic rings. The van der Waals surface area contributed by atoms with Gasteiger partial charge in [-0.15, -0.1) is 0 Å². The van der Waals surface area contributed by atoms with Crippen LogP contribution in [0.1, 0.15) is 30.4 Å². The number of carboxylic acid groups (broad SMARTS) is 1. The van der Waals surface area contributed by atoms with E-state index in [1.807, 2.05) is 30.3 Å². The number of carbonyl (C=O) groups excluding carboxylic acids is 1. The maximum Gasteiger partial charge on any atom is 0.319 e. The predicted molar refractivity (Wildman–Crippen MR) is 129 cm³/mol. The number of amides is 2. The molecular weight excluding hydrogens is 416 g/mol. The monoisotopic (exact) mass is 450 g/mol. The predicted octanol–water partition coefficient (Wildman–Crippen LogP) is 3.33. The molecular formula is C26H34N4O3. The number of piperidine rings is 1. The fourth-order valence-corrected chi connectivity index (χ4v) is 4.94. The molecule has 2 amide bonds. The summed E-state index contributed by atoms with van der Waals surface area (Å²) in [6, 6.07) is 18.0. The van der Waals surface area contributed by atoms with Crippen molar-refractivity contribution in [2.24, 2.45) is 11.8 Å². The maximum atomic E-state index is 12.6. The van der Waals surface area contributed by atoms with Crippen molar-refractivity contribution < 1.29 is 14.7 Å². The first-order chi connectivity index (χ1) is 16.1. The van der Waals surface area contributed by atoms with Gasteiger partial charge in [0.25, 0.3) is 0 Å². The highest BCUT2D eigenvalue weighted by molar-refractivity contribution is 5.89. The van der Waals surface area contributed by atoms with Crippen LogP contribution in [0.2, 0.25) is 0 Å². The number of carboxylic acids is 1. The van der Waals surface area contributed by atoms with Gasteiger partial charge in [-0.3, -0.25) is 9.69 Å². The molecule has 4 N–H and O–H groups in total. The summed E-state index contributed by atoms with van der Waals surface area (Å²) in [5.74, 6) is -1.02. The maximum absolute atomic E-state index is 12.6. The summed E-state index contributed by atoms with van der Waals surface area (Å²) in [6.07, 6.45) is 3.21. The number of hydrogen-bond acceptors (Lipinski definition) is 4. The topological polar surface area (TPSA) is 93.7 Å². The molecule has 2 atom stereocenters. The van der Waals surface area contributed by atoms with Gasteiger partial charge in [0.15, 0.2) is 0 Å². The third kappa shape index (κ3) is 6.79. The van der Waals surface area contributed by atoms with Crippen LogP contribution < -0.4 is 16.0 Å². The Labute approximate surface area is 195 Å². The molecule has 33 heavy (non-hydrogen) atoms. The van der Waals surface area contributed by atoms with Crippen LogP contribution in [0.3, 0.4) is 0 Å². The van der Waals surface area contributed by atoms with Gasteiger partial charge in [-0.25, -0.2) is 4.79 Å². The molecule has 0 bridgehead atoms. The number of rotatable bonds is 8. The molecule has 2 aliphatic rings. The van der Waals surface area contributed by atoms with E-state index in [9.17, 15) is 14.7 Å². The summed E-state index contributed by atoms with van der Waals surface area (Å²) in [4.78, 5) is 26.8. The second-order valence-corrected chi connectivity index (χ2v) is 9.24. The second-order valence-electron chi connectivity index (χ2n) is 9.24. The van der Waals surface area contributed by atoms with Gasteiger partial charge >= 0.3 is 12.0 Å². The van der Waals surface area contributed by atoms with E-state index in [1.165, 1.54) is 5.56 Å². The summed E-state index contributed by atoms with van der Waals surface area (Å²) in [7, 11) is 0. The molecule has 0 aromatic heterocycles. The summed E-state index contributed by atoms with van der Waals surface area (Å²) < 4.78 is 0. The Morgan fingerprint density at radius 3 is 2.48 bits per heavy atom. The normalized spacial score (nSPS) is 20.3. The zero-order valence-corrected chi connectivity index (χ0v) is 19.0. The average Bonchev–Trinajstić information content (AvgIpc) is 3.34. The summed E-state index contributed by atoms with van der Waals surface area (Å²) in [6.45, 7) is 4.49. The number of anilines is 1. The van der Waals surface area contributed by atoms with Gasteiger partial charge in [-0.1, -0.05) is 42.5 Å². The van der Waals surface area contributed by atoms with Crippen LogP contribution >= 0.6 is 0 Å². The number of likely N-dealkylation sites (tertiary alicyclic amines) is 1. The number of nitrogens with zero attached hydrogens (tertiary/aromatic N) is 1. The van der Waals surface area contributed by atoms with Crippen molar-refractivity contribution in [1.82, 2.24) is 15.5 Å². The van der Waals surface area contributed by atoms with E-state index < -0.39 is 11.9 Å². The molecule has 0 unspecified atom stereocenters. The van der Waals surface area contributed by atoms with Crippen molar-refractivity contribution in [2.45, 2.75) is 38.3 Å². The van der Waals surface area contributed by atoms with Gasteiger partial charge in [-0.2, -0.15) is 0 Å². The smallest absolute Gasteiger partial charge is 0.319 e. The van der Waals surface area contributed by atoms with E-state index in [1.54, 1.807) is 0 Å². The SMILES string of the molecule is O=C(Nc1cccc(C[C@H](C(=O)O)[C@H]2CCNC2)c1)NC1CCN(Cc2ccccc2)CC1. The molecule has 2 aromatic carbocycles. The van der Waals surface area contributed by atoms with E-state index >= 15 is 0 Å². The number of carbonyl (C=O) groups is 2. The van der Waals surface area contributed by atoms with Crippen molar-refractivity contribution in [1.29, 1.82) is 0 Å². The van der Waals surface area contributed by atoms with Crippen molar-refractivity contribution >= 4 is 17.7 Å². The van der Waals surface area contributed by atoms with Gasteiger partial charge < -0.3 is 21.1 Å². The molecule has 0 saturated carbocycles. The van der Waals surface area contributed by atoms with E-state index in [2.05, 4.69) is 45.1 Å². The van der Waals surface area contributed by atoms with Gasteiger partial charge in [0, 0.05) is 31.4 Å². The first kappa shape index (κ1) is 23.3. The molecule has 7 heteroatoms. The van der Waals surface area contributed by atoms with Gasteiger partial charge in [0.05, 0.1) is 5.92 Å². The fourth-order valence-electron chi connectivity index (χ4n) is 4.94. The molecule has 176 valence electrons. The lowest BCUT2D eigenvalue weighted by Gasteiger charge is -2.32. The Morgan fingerprint density at radius 1 is 1.03 bits per heavy atom. The molecule has 2 fully saturated rings. The van der Waals surface area contributed by atoms with E-state index in [4.69, 9.17) is 0 Å². The van der Waals surface area contributed by atoms with Crippen LogP contribution in [-0.2, 0) is 17.8 Å². The zero-order chi connectivity index (χ0) is 23.0. The van der Waals surface area contributed by atoms with E-state index in [0.717, 1.165) is 57.5 Å². The number of nitrogens with one attached hydrogen (secondary N) is 3. The van der Waals surface area contributed by atoms with Crippen LogP contribution in [0.15, 0.2) is 54.6 Å². The van der Waals surface area contributed by atoms with Crippen molar-refractivity contribution in [3.8, 4) is 0 Å². The van der Waals surface area contributed by atoms with Crippen LogP contribution in [0.5, 0.6) is 0 Å². The summed E-state index contributed by atoms with van der Waals surface area (Å²) in [5.41, 5.74) is 2.94. The zero-order valence-electron chi connectivity index (χ0n) is 19.0. The number of benzene rings is 2. The first-order valence-electron chi connectivity index (χ1n) is 11.9. The van der Waals surface area contributed by atoms with E-state index in [0.29, 0.717) is 12.1 Å². The standard InChI is InChI=1S/C26H34N4O3/c31-25(32)24(21-9-12-27-17-21)16-20-7-4-8-23(15-20)29-26(33)28-22-10-13-30(14-11-22)18-19-5-2-1-3-6-19/h1-8,15,21-22,24,27H,9-14,16-18H2,(H,31,32)(H2,28,29,33)/t21-,24-/m0/s1. The largest absolute Gasteiger partial charge is 0.481 e. The molecule has 0 spiro atoms. The minimum Gasteiger partial charge on any atom is -0.481 e. The third-order valence-electron chi connectivity index (χ3n) is 6.80. The lowest BCUT2D eigenvalue weighted by atomic mass is 9.86. The molecule has 2 saturated heterocycles. The minimum atomic E-state index is -0.751. The molecule has 0 radical (unpaired) electrons. The second kappa shape index (κ2) is 11.3. The molecule has 7 nitrogen and oxygen atoms in total. The Kier molecular flexibility index (Phi) is 7.96. The number of hydrogen-bond donors (Lipinski definition) is 4. The van der Waals surface area contributed by atoms with Crippen molar-refractivity contribution in [2.75, 3.05) is 31.5 Å². The third-order valence-corrected chi connectivity index (χ3v) is 6.80. The quantitative estimate of drug-likeness (QED) is 0.495. The molecule has 2 heterocycles. The first-order valence-corrected chi connectivity index (χ1v) is 11.9. The number of urea groups is 1. The van der Waals surface area contributed by atoms with E-state index in [-0.39, 0.29) is 18.0 Å². The average molecular weight is 451 g/mol. The van der Waals surface area contributed by atoms with Gasteiger partial charge in [-0.05, 0) is 68.0 Å². The highest BCUT2D eigenvalue weighted by atomic mass is 16.4. The summed E-state index contributed by atoms with van der Waals surface area (Å²) >= 11 is 0. The number of aliphatic carboxylic acids is 1. The highest BCUT2D eigenvalue weighted by Gasteiger charge is 2.30. The molecule has 4 rings (SSSR count). The minimum absolute atomic E-state index is 0.148. The fraction of sp³-hybridized carbons (Fsp3) is 0.462. The van der Waals surface area contributed by atoms with Gasteiger partial charge in [0.2, 0.25) is 0 Å². The Morgan fingerprint density at radius 2 is 1.79 bits per heavy atom. The molecule has 2 aliphatic heterocycles. The lowest BCUT2D eigenvalue weighted by molar-refractivity contribution is -0.143. The highest BCUT2D eigenvalue weighted by Crippen LogP contribution is 2.25. The van der Waals surface area contributed by atoms with Crippen LogP contribution in [0.25, 0.3) is 0 Å². The van der Waals surface area contributed by atoms with Crippen molar-refractivity contribution in [3.05, 3.63) is 65.7 Å². The Hall–Kier alpha value is -2.90.